The predicted octanol–water partition coefficient (Wildman–Crippen LogP) is 1.70. The van der Waals surface area contributed by atoms with E-state index in [1.165, 1.54) is 7.11 Å². The smallest absolute Gasteiger partial charge is 0.326 e. The topological polar surface area (TPSA) is 91.4 Å². The Balaban J connectivity index is 2.15. The van der Waals surface area contributed by atoms with Gasteiger partial charge in [-0.25, -0.2) is 4.79 Å². The van der Waals surface area contributed by atoms with Crippen LogP contribution in [0.15, 0.2) is 30.5 Å². The Morgan fingerprint density at radius 1 is 1.36 bits per heavy atom. The van der Waals surface area contributed by atoms with Crippen molar-refractivity contribution in [2.75, 3.05) is 7.11 Å². The zero-order chi connectivity index (χ0) is 16.1. The Morgan fingerprint density at radius 2 is 2.09 bits per heavy atom. The lowest BCUT2D eigenvalue weighted by Gasteiger charge is -2.18. The number of carboxylic acid groups (broad SMARTS) is 1. The molecule has 0 fully saturated rings. The number of H-pyrrole nitrogens is 1. The fourth-order valence-electron chi connectivity index (χ4n) is 2.44. The SMILES string of the molecule is CCC(OC)C(=O)NC(Cc1c[nH]c2ccccc12)C(=O)O. The number of hydrogen-bond acceptors (Lipinski definition) is 3. The molecule has 2 rings (SSSR count). The van der Waals surface area contributed by atoms with Crippen LogP contribution in [0.5, 0.6) is 0 Å². The summed E-state index contributed by atoms with van der Waals surface area (Å²) in [6.45, 7) is 1.81. The Labute approximate surface area is 128 Å². The summed E-state index contributed by atoms with van der Waals surface area (Å²) in [4.78, 5) is 26.5. The minimum Gasteiger partial charge on any atom is -0.480 e. The lowest BCUT2D eigenvalue weighted by Crippen LogP contribution is -2.47. The molecule has 1 aromatic carbocycles. The number of ether oxygens (including phenoxy) is 1. The van der Waals surface area contributed by atoms with E-state index in [2.05, 4.69) is 10.3 Å². The van der Waals surface area contributed by atoms with Gasteiger partial charge in [-0.2, -0.15) is 0 Å². The van der Waals surface area contributed by atoms with E-state index in [-0.39, 0.29) is 6.42 Å². The summed E-state index contributed by atoms with van der Waals surface area (Å²) in [6.07, 6.45) is 1.85. The molecule has 6 heteroatoms. The highest BCUT2D eigenvalue weighted by atomic mass is 16.5. The van der Waals surface area contributed by atoms with Gasteiger partial charge in [0.2, 0.25) is 5.91 Å². The number of hydrogen-bond donors (Lipinski definition) is 3. The second-order valence-electron chi connectivity index (χ2n) is 5.10. The summed E-state index contributed by atoms with van der Waals surface area (Å²) in [6, 6.07) is 6.66. The van der Waals surface area contributed by atoms with Gasteiger partial charge in [0.1, 0.15) is 12.1 Å². The van der Waals surface area contributed by atoms with Gasteiger partial charge < -0.3 is 20.1 Å². The van der Waals surface area contributed by atoms with Crippen molar-refractivity contribution in [1.82, 2.24) is 10.3 Å². The van der Waals surface area contributed by atoms with Gasteiger partial charge in [-0.05, 0) is 18.1 Å². The molecule has 0 bridgehead atoms. The minimum absolute atomic E-state index is 0.214. The number of fused-ring (bicyclic) bond motifs is 1. The van der Waals surface area contributed by atoms with Crippen LogP contribution < -0.4 is 5.32 Å². The summed E-state index contributed by atoms with van der Waals surface area (Å²) in [5.74, 6) is -1.47. The number of nitrogens with one attached hydrogen (secondary N) is 2. The van der Waals surface area contributed by atoms with Gasteiger partial charge in [-0.15, -0.1) is 0 Å². The second-order valence-corrected chi connectivity index (χ2v) is 5.10. The molecule has 2 atom stereocenters. The summed E-state index contributed by atoms with van der Waals surface area (Å²) in [7, 11) is 1.43. The molecule has 2 unspecified atom stereocenters. The van der Waals surface area contributed by atoms with Crippen molar-refractivity contribution in [2.24, 2.45) is 0 Å². The molecular weight excluding hydrogens is 284 g/mol. The standard InChI is InChI=1S/C16H20N2O4/c1-3-14(22-2)15(19)18-13(16(20)21)8-10-9-17-12-7-5-4-6-11(10)12/h4-7,9,13-14,17H,3,8H2,1-2H3,(H,18,19)(H,20,21). The zero-order valence-corrected chi connectivity index (χ0v) is 12.6. The third-order valence-electron chi connectivity index (χ3n) is 3.66. The normalized spacial score (nSPS) is 13.7. The quantitative estimate of drug-likeness (QED) is 0.726. The Morgan fingerprint density at radius 3 is 2.73 bits per heavy atom. The molecule has 3 N–H and O–H groups in total. The van der Waals surface area contributed by atoms with Crippen molar-refractivity contribution >= 4 is 22.8 Å². The van der Waals surface area contributed by atoms with E-state index >= 15 is 0 Å². The Bertz CT molecular complexity index is 661. The second kappa shape index (κ2) is 7.09. The first-order valence-electron chi connectivity index (χ1n) is 7.17. The molecule has 118 valence electrons. The number of carbonyl (C=O) groups is 2. The molecule has 0 saturated carbocycles. The summed E-state index contributed by atoms with van der Waals surface area (Å²) in [5, 5.41) is 12.9. The molecular formula is C16H20N2O4. The maximum absolute atomic E-state index is 12.0. The number of carboxylic acids is 1. The summed E-state index contributed by atoms with van der Waals surface area (Å²) < 4.78 is 5.04. The van der Waals surface area contributed by atoms with Gasteiger partial charge in [0.15, 0.2) is 0 Å². The van der Waals surface area contributed by atoms with Crippen molar-refractivity contribution in [2.45, 2.75) is 31.9 Å². The van der Waals surface area contributed by atoms with Gasteiger partial charge in [-0.3, -0.25) is 4.79 Å². The average molecular weight is 304 g/mol. The first-order chi connectivity index (χ1) is 10.6. The zero-order valence-electron chi connectivity index (χ0n) is 12.6. The number of aromatic nitrogens is 1. The van der Waals surface area contributed by atoms with Crippen molar-refractivity contribution in [1.29, 1.82) is 0 Å². The van der Waals surface area contributed by atoms with E-state index < -0.39 is 24.0 Å². The first-order valence-corrected chi connectivity index (χ1v) is 7.17. The van der Waals surface area contributed by atoms with Crippen LogP contribution in [0, 0.1) is 0 Å². The fourth-order valence-corrected chi connectivity index (χ4v) is 2.44. The van der Waals surface area contributed by atoms with E-state index in [1.54, 1.807) is 6.20 Å². The van der Waals surface area contributed by atoms with Crippen molar-refractivity contribution in [3.05, 3.63) is 36.0 Å². The van der Waals surface area contributed by atoms with E-state index in [0.29, 0.717) is 6.42 Å². The van der Waals surface area contributed by atoms with Crippen LogP contribution >= 0.6 is 0 Å². The molecule has 6 nitrogen and oxygen atoms in total. The molecule has 1 amide bonds. The molecule has 0 aliphatic rings. The lowest BCUT2D eigenvalue weighted by molar-refractivity contribution is -0.143. The highest BCUT2D eigenvalue weighted by Crippen LogP contribution is 2.19. The van der Waals surface area contributed by atoms with E-state index in [9.17, 15) is 14.7 Å². The third kappa shape index (κ3) is 3.46. The third-order valence-corrected chi connectivity index (χ3v) is 3.66. The predicted molar refractivity (Wildman–Crippen MR) is 82.7 cm³/mol. The number of methoxy groups -OCH3 is 1. The number of carbonyl (C=O) groups excluding carboxylic acids is 1. The molecule has 0 radical (unpaired) electrons. The van der Waals surface area contributed by atoms with Crippen molar-refractivity contribution in [3.63, 3.8) is 0 Å². The van der Waals surface area contributed by atoms with Crippen LogP contribution in [-0.2, 0) is 20.7 Å². The number of rotatable bonds is 7. The van der Waals surface area contributed by atoms with Crippen LogP contribution in [0.25, 0.3) is 10.9 Å². The Hall–Kier alpha value is -2.34. The van der Waals surface area contributed by atoms with Crippen LogP contribution in [0.4, 0.5) is 0 Å². The molecule has 22 heavy (non-hydrogen) atoms. The maximum Gasteiger partial charge on any atom is 0.326 e. The van der Waals surface area contributed by atoms with Crippen LogP contribution in [0.3, 0.4) is 0 Å². The number of aromatic amines is 1. The van der Waals surface area contributed by atoms with Gasteiger partial charge in [0, 0.05) is 30.6 Å². The highest BCUT2D eigenvalue weighted by molar-refractivity contribution is 5.88. The number of para-hydroxylation sites is 1. The monoisotopic (exact) mass is 304 g/mol. The van der Waals surface area contributed by atoms with Gasteiger partial charge in [-0.1, -0.05) is 25.1 Å². The average Bonchev–Trinajstić information content (AvgIpc) is 2.91. The van der Waals surface area contributed by atoms with Crippen LogP contribution in [0.1, 0.15) is 18.9 Å². The number of benzene rings is 1. The van der Waals surface area contributed by atoms with Crippen molar-refractivity contribution in [3.8, 4) is 0 Å². The molecule has 1 heterocycles. The van der Waals surface area contributed by atoms with E-state index in [1.807, 2.05) is 31.2 Å². The fraction of sp³-hybridized carbons (Fsp3) is 0.375. The molecule has 0 aliphatic heterocycles. The summed E-state index contributed by atoms with van der Waals surface area (Å²) in [5.41, 5.74) is 1.80. The molecule has 0 saturated heterocycles. The lowest BCUT2D eigenvalue weighted by atomic mass is 10.0. The summed E-state index contributed by atoms with van der Waals surface area (Å²) >= 11 is 0. The molecule has 1 aromatic heterocycles. The maximum atomic E-state index is 12.0. The number of amides is 1. The number of aliphatic carboxylic acids is 1. The van der Waals surface area contributed by atoms with Crippen LogP contribution in [-0.4, -0.2) is 41.2 Å². The van der Waals surface area contributed by atoms with E-state index in [0.717, 1.165) is 16.5 Å². The molecule has 0 spiro atoms. The van der Waals surface area contributed by atoms with Gasteiger partial charge in [0.25, 0.3) is 0 Å². The molecule has 2 aromatic rings. The largest absolute Gasteiger partial charge is 0.480 e. The van der Waals surface area contributed by atoms with Crippen LogP contribution in [0.2, 0.25) is 0 Å². The first kappa shape index (κ1) is 16.0. The van der Waals surface area contributed by atoms with Crippen molar-refractivity contribution < 1.29 is 19.4 Å². The molecule has 0 aliphatic carbocycles. The van der Waals surface area contributed by atoms with E-state index in [4.69, 9.17) is 4.74 Å². The van der Waals surface area contributed by atoms with Gasteiger partial charge in [0.05, 0.1) is 0 Å². The van der Waals surface area contributed by atoms with Gasteiger partial charge >= 0.3 is 5.97 Å². The Kier molecular flexibility index (Phi) is 5.16. The minimum atomic E-state index is -1.07. The highest BCUT2D eigenvalue weighted by Gasteiger charge is 2.25.